The van der Waals surface area contributed by atoms with E-state index in [0.29, 0.717) is 17.1 Å². The highest BCUT2D eigenvalue weighted by molar-refractivity contribution is 9.10. The summed E-state index contributed by atoms with van der Waals surface area (Å²) >= 11 is 3.29. The van der Waals surface area contributed by atoms with Crippen LogP contribution in [0.3, 0.4) is 0 Å². The van der Waals surface area contributed by atoms with Crippen LogP contribution in [0.25, 0.3) is 0 Å². The molecule has 0 saturated carbocycles. The van der Waals surface area contributed by atoms with Crippen LogP contribution in [0.4, 0.5) is 11.4 Å². The zero-order valence-electron chi connectivity index (χ0n) is 11.2. The Morgan fingerprint density at radius 3 is 1.71 bits per heavy atom. The lowest BCUT2D eigenvalue weighted by atomic mass is 10.3. The Labute approximate surface area is 130 Å². The SMILES string of the molecule is COc1ccc(NC(=O)C(=O)Nc2ccc(Br)cc2)cc1. The molecule has 108 valence electrons. The molecule has 0 radical (unpaired) electrons. The molecule has 2 amide bonds. The second-order valence-corrected chi connectivity index (χ2v) is 5.06. The van der Waals surface area contributed by atoms with Gasteiger partial charge in [-0.1, -0.05) is 15.9 Å². The van der Waals surface area contributed by atoms with E-state index in [2.05, 4.69) is 26.6 Å². The second-order valence-electron chi connectivity index (χ2n) is 4.14. The molecule has 21 heavy (non-hydrogen) atoms. The summed E-state index contributed by atoms with van der Waals surface area (Å²) in [5, 5.41) is 5.02. The van der Waals surface area contributed by atoms with Gasteiger partial charge in [-0.3, -0.25) is 9.59 Å². The van der Waals surface area contributed by atoms with Gasteiger partial charge in [0.05, 0.1) is 7.11 Å². The van der Waals surface area contributed by atoms with E-state index < -0.39 is 11.8 Å². The molecule has 0 atom stereocenters. The van der Waals surface area contributed by atoms with Crippen molar-refractivity contribution in [3.8, 4) is 5.75 Å². The Hall–Kier alpha value is -2.34. The molecule has 5 nitrogen and oxygen atoms in total. The van der Waals surface area contributed by atoms with E-state index in [1.807, 2.05) is 0 Å². The Kier molecular flexibility index (Phi) is 4.94. The van der Waals surface area contributed by atoms with Gasteiger partial charge in [-0.2, -0.15) is 0 Å². The van der Waals surface area contributed by atoms with E-state index in [1.165, 1.54) is 0 Å². The van der Waals surface area contributed by atoms with Crippen LogP contribution >= 0.6 is 15.9 Å². The number of rotatable bonds is 3. The summed E-state index contributed by atoms with van der Waals surface area (Å²) in [6.45, 7) is 0. The molecule has 0 aliphatic heterocycles. The number of carbonyl (C=O) groups excluding carboxylic acids is 2. The van der Waals surface area contributed by atoms with Crippen molar-refractivity contribution in [2.75, 3.05) is 17.7 Å². The van der Waals surface area contributed by atoms with E-state index in [-0.39, 0.29) is 0 Å². The maximum Gasteiger partial charge on any atom is 0.314 e. The smallest absolute Gasteiger partial charge is 0.314 e. The number of carbonyl (C=O) groups is 2. The quantitative estimate of drug-likeness (QED) is 0.837. The van der Waals surface area contributed by atoms with Crippen LogP contribution in [0.2, 0.25) is 0 Å². The van der Waals surface area contributed by atoms with Crippen LogP contribution in [0.5, 0.6) is 5.75 Å². The molecule has 0 aliphatic rings. The number of amides is 2. The van der Waals surface area contributed by atoms with Crippen LogP contribution in [0, 0.1) is 0 Å². The number of nitrogens with one attached hydrogen (secondary N) is 2. The monoisotopic (exact) mass is 348 g/mol. The molecule has 2 aromatic rings. The molecule has 0 bridgehead atoms. The molecule has 0 aliphatic carbocycles. The summed E-state index contributed by atoms with van der Waals surface area (Å²) in [5.74, 6) is -0.788. The minimum atomic E-state index is -0.733. The number of ether oxygens (including phenoxy) is 1. The molecule has 2 rings (SSSR count). The first kappa shape index (κ1) is 15.1. The molecular weight excluding hydrogens is 336 g/mol. The Morgan fingerprint density at radius 1 is 0.857 bits per heavy atom. The normalized spacial score (nSPS) is 9.81. The number of anilines is 2. The van der Waals surface area contributed by atoms with Crippen molar-refractivity contribution in [3.63, 3.8) is 0 Å². The van der Waals surface area contributed by atoms with Crippen LogP contribution in [0.1, 0.15) is 0 Å². The molecule has 2 N–H and O–H groups in total. The van der Waals surface area contributed by atoms with Gasteiger partial charge in [-0.05, 0) is 48.5 Å². The fourth-order valence-electron chi connectivity index (χ4n) is 1.58. The minimum absolute atomic E-state index is 0.520. The van der Waals surface area contributed by atoms with Crippen LogP contribution < -0.4 is 15.4 Å². The van der Waals surface area contributed by atoms with Crippen molar-refractivity contribution in [3.05, 3.63) is 53.0 Å². The molecule has 0 unspecified atom stereocenters. The summed E-state index contributed by atoms with van der Waals surface area (Å²) in [7, 11) is 1.55. The summed E-state index contributed by atoms with van der Waals surface area (Å²) in [6, 6.07) is 13.6. The number of halogens is 1. The Bertz CT molecular complexity index is 639. The fraction of sp³-hybridized carbons (Fsp3) is 0.0667. The van der Waals surface area contributed by atoms with Gasteiger partial charge in [-0.25, -0.2) is 0 Å². The van der Waals surface area contributed by atoms with Crippen molar-refractivity contribution in [2.24, 2.45) is 0 Å². The summed E-state index contributed by atoms with van der Waals surface area (Å²) < 4.78 is 5.91. The first-order valence-electron chi connectivity index (χ1n) is 6.10. The largest absolute Gasteiger partial charge is 0.497 e. The first-order chi connectivity index (χ1) is 10.1. The van der Waals surface area contributed by atoms with Crippen molar-refractivity contribution >= 4 is 39.1 Å². The van der Waals surface area contributed by atoms with E-state index in [4.69, 9.17) is 4.74 Å². The van der Waals surface area contributed by atoms with Gasteiger partial charge in [0, 0.05) is 15.8 Å². The standard InChI is InChI=1S/C15H13BrN2O3/c1-21-13-8-6-12(7-9-13)18-15(20)14(19)17-11-4-2-10(16)3-5-11/h2-9H,1H3,(H,17,19)(H,18,20). The summed E-state index contributed by atoms with van der Waals surface area (Å²) in [5.41, 5.74) is 1.07. The lowest BCUT2D eigenvalue weighted by Gasteiger charge is -2.07. The van der Waals surface area contributed by atoms with E-state index >= 15 is 0 Å². The van der Waals surface area contributed by atoms with Crippen molar-refractivity contribution in [1.82, 2.24) is 0 Å². The first-order valence-corrected chi connectivity index (χ1v) is 6.90. The maximum atomic E-state index is 11.8. The number of benzene rings is 2. The summed E-state index contributed by atoms with van der Waals surface area (Å²) in [4.78, 5) is 23.5. The topological polar surface area (TPSA) is 67.4 Å². The van der Waals surface area contributed by atoms with Crippen molar-refractivity contribution in [2.45, 2.75) is 0 Å². The third-order valence-electron chi connectivity index (χ3n) is 2.66. The highest BCUT2D eigenvalue weighted by atomic mass is 79.9. The lowest BCUT2D eigenvalue weighted by molar-refractivity contribution is -0.132. The zero-order chi connectivity index (χ0) is 15.2. The van der Waals surface area contributed by atoms with Crippen molar-refractivity contribution in [1.29, 1.82) is 0 Å². The van der Waals surface area contributed by atoms with Crippen LogP contribution in [0.15, 0.2) is 53.0 Å². The third kappa shape index (κ3) is 4.32. The molecule has 0 spiro atoms. The zero-order valence-corrected chi connectivity index (χ0v) is 12.8. The van der Waals surface area contributed by atoms with Crippen molar-refractivity contribution < 1.29 is 14.3 Å². The third-order valence-corrected chi connectivity index (χ3v) is 3.18. The van der Waals surface area contributed by atoms with Crippen LogP contribution in [-0.4, -0.2) is 18.9 Å². The highest BCUT2D eigenvalue weighted by Gasteiger charge is 2.13. The predicted molar refractivity (Wildman–Crippen MR) is 84.4 cm³/mol. The molecule has 0 saturated heterocycles. The number of hydrogen-bond donors (Lipinski definition) is 2. The van der Waals surface area contributed by atoms with E-state index in [1.54, 1.807) is 55.6 Å². The Morgan fingerprint density at radius 2 is 1.29 bits per heavy atom. The average Bonchev–Trinajstić information content (AvgIpc) is 2.50. The number of hydrogen-bond acceptors (Lipinski definition) is 3. The highest BCUT2D eigenvalue weighted by Crippen LogP contribution is 2.16. The Balaban J connectivity index is 1.95. The molecule has 2 aromatic carbocycles. The minimum Gasteiger partial charge on any atom is -0.497 e. The van der Waals surface area contributed by atoms with Gasteiger partial charge < -0.3 is 15.4 Å². The van der Waals surface area contributed by atoms with Crippen LogP contribution in [-0.2, 0) is 9.59 Å². The number of methoxy groups -OCH3 is 1. The van der Waals surface area contributed by atoms with Gasteiger partial charge in [-0.15, -0.1) is 0 Å². The van der Waals surface area contributed by atoms with E-state index in [9.17, 15) is 9.59 Å². The molecular formula is C15H13BrN2O3. The summed E-state index contributed by atoms with van der Waals surface area (Å²) in [6.07, 6.45) is 0. The fourth-order valence-corrected chi connectivity index (χ4v) is 1.85. The predicted octanol–water partition coefficient (Wildman–Crippen LogP) is 3.03. The lowest BCUT2D eigenvalue weighted by Crippen LogP contribution is -2.29. The van der Waals surface area contributed by atoms with Gasteiger partial charge in [0.15, 0.2) is 0 Å². The van der Waals surface area contributed by atoms with Gasteiger partial charge in [0.2, 0.25) is 0 Å². The second kappa shape index (κ2) is 6.90. The molecule has 0 heterocycles. The molecule has 6 heteroatoms. The van der Waals surface area contributed by atoms with E-state index in [0.717, 1.165) is 4.47 Å². The molecule has 0 fully saturated rings. The van der Waals surface area contributed by atoms with Gasteiger partial charge in [0.1, 0.15) is 5.75 Å². The average molecular weight is 349 g/mol. The maximum absolute atomic E-state index is 11.8. The van der Waals surface area contributed by atoms with Gasteiger partial charge in [0.25, 0.3) is 0 Å². The molecule has 0 aromatic heterocycles. The van der Waals surface area contributed by atoms with Gasteiger partial charge >= 0.3 is 11.8 Å².